The zero-order chi connectivity index (χ0) is 32.9. The van der Waals surface area contributed by atoms with Crippen LogP contribution in [0.15, 0.2) is 107 Å². The van der Waals surface area contributed by atoms with Gasteiger partial charge in [-0.05, 0) is 24.0 Å². The van der Waals surface area contributed by atoms with Crippen molar-refractivity contribution in [2.45, 2.75) is 112 Å². The minimum absolute atomic E-state index is 0.411. The van der Waals surface area contributed by atoms with Crippen molar-refractivity contribution in [1.82, 2.24) is 0 Å². The summed E-state index contributed by atoms with van der Waals surface area (Å²) in [5, 5.41) is 30.3. The van der Waals surface area contributed by atoms with Crippen LogP contribution in [0.2, 0.25) is 0 Å². The first-order valence-electron chi connectivity index (χ1n) is 14.7. The Labute approximate surface area is 270 Å². The fourth-order valence-electron chi connectivity index (χ4n) is 2.66. The SMILES string of the molecule is C(C=CCc1ccccc1)=CCc1ccccc1.CC(C)(C)[O-].CC(C)(C)[O-].CC(C)(C)[O-].CC1(C)CC=CC=[C]1[Ti+3]. The Balaban J connectivity index is 0. The second kappa shape index (κ2) is 21.6. The summed E-state index contributed by atoms with van der Waals surface area (Å²) < 4.78 is 1.49. The molecular weight excluding hydrogens is 552 g/mol. The van der Waals surface area contributed by atoms with Crippen LogP contribution in [0.5, 0.6) is 0 Å². The van der Waals surface area contributed by atoms with E-state index in [-0.39, 0.29) is 0 Å². The van der Waals surface area contributed by atoms with Gasteiger partial charge in [-0.1, -0.05) is 147 Å². The van der Waals surface area contributed by atoms with Gasteiger partial charge in [0.2, 0.25) is 0 Å². The van der Waals surface area contributed by atoms with Crippen molar-refractivity contribution in [3.63, 3.8) is 0 Å². The van der Waals surface area contributed by atoms with Gasteiger partial charge in [-0.3, -0.25) is 0 Å². The number of hydrogen-bond donors (Lipinski definition) is 0. The van der Waals surface area contributed by atoms with E-state index in [0.717, 1.165) is 12.8 Å². The predicted molar refractivity (Wildman–Crippen MR) is 173 cm³/mol. The molecule has 0 unspecified atom stereocenters. The van der Waals surface area contributed by atoms with Gasteiger partial charge in [0, 0.05) is 0 Å². The molecule has 0 N–H and O–H groups in total. The summed E-state index contributed by atoms with van der Waals surface area (Å²) in [6.45, 7) is 19.2. The van der Waals surface area contributed by atoms with Crippen LogP contribution in [0.4, 0.5) is 0 Å². The molecule has 1 aliphatic rings. The summed E-state index contributed by atoms with van der Waals surface area (Å²) in [6, 6.07) is 21.0. The molecule has 0 saturated carbocycles. The van der Waals surface area contributed by atoms with Crippen LogP contribution in [0.25, 0.3) is 0 Å². The molecule has 0 bridgehead atoms. The molecule has 3 nitrogen and oxygen atoms in total. The minimum atomic E-state index is -0.750. The molecule has 0 spiro atoms. The summed E-state index contributed by atoms with van der Waals surface area (Å²) in [4.78, 5) is 0. The zero-order valence-corrected chi connectivity index (χ0v) is 29.7. The first-order valence-corrected chi connectivity index (χ1v) is 15.5. The molecule has 230 valence electrons. The van der Waals surface area contributed by atoms with Gasteiger partial charge >= 0.3 is 68.2 Å². The van der Waals surface area contributed by atoms with Crippen molar-refractivity contribution in [2.75, 3.05) is 0 Å². The molecule has 0 fully saturated rings. The normalized spacial score (nSPS) is 14.2. The fraction of sp³-hybridized carbons (Fsp3) is 0.474. The Kier molecular flexibility index (Phi) is 21.7. The van der Waals surface area contributed by atoms with Crippen LogP contribution >= 0.6 is 0 Å². The molecular formula is C38H56O3Ti. The standard InChI is InChI=1S/C18H18.C8H11.3C4H9O.Ti/c1(5-11-17-13-7-3-8-14-17)2-6-12-18-15-9-4-10-16-18;1-8(2)6-4-3-5-7-8;3*1-4(2,3)5;/h1-10,13-16H,11-12H2;3-5H,6H2,1-2H3;3*1-3H3;/q;;3*-1;+3. The molecule has 0 radical (unpaired) electrons. The molecule has 2 aromatic carbocycles. The van der Waals surface area contributed by atoms with Gasteiger partial charge in [-0.15, -0.1) is 16.8 Å². The van der Waals surface area contributed by atoms with E-state index in [1.165, 1.54) is 21.4 Å². The monoisotopic (exact) mass is 608 g/mol. The molecule has 0 heterocycles. The molecule has 0 saturated heterocycles. The Morgan fingerprint density at radius 2 is 0.952 bits per heavy atom. The summed E-state index contributed by atoms with van der Waals surface area (Å²) in [6.07, 6.45) is 18.4. The van der Waals surface area contributed by atoms with Crippen molar-refractivity contribution in [2.24, 2.45) is 5.41 Å². The maximum absolute atomic E-state index is 10.1. The van der Waals surface area contributed by atoms with Crippen molar-refractivity contribution in [3.05, 3.63) is 118 Å². The third-order valence-electron chi connectivity index (χ3n) is 4.53. The molecule has 0 amide bonds. The van der Waals surface area contributed by atoms with Crippen molar-refractivity contribution in [1.29, 1.82) is 0 Å². The van der Waals surface area contributed by atoms with E-state index < -0.39 is 16.8 Å². The molecule has 2 aromatic rings. The summed E-state index contributed by atoms with van der Waals surface area (Å²) in [5.41, 5.74) is 0.866. The van der Waals surface area contributed by atoms with E-state index in [1.807, 2.05) is 12.1 Å². The van der Waals surface area contributed by atoms with Crippen LogP contribution in [0.1, 0.15) is 93.7 Å². The van der Waals surface area contributed by atoms with Crippen LogP contribution in [-0.4, -0.2) is 16.8 Å². The average Bonchev–Trinajstić information content (AvgIpc) is 2.82. The van der Waals surface area contributed by atoms with E-state index in [4.69, 9.17) is 0 Å². The molecule has 1 aliphatic carbocycles. The Hall–Kier alpha value is -2.01. The quantitative estimate of drug-likeness (QED) is 0.262. The van der Waals surface area contributed by atoms with Crippen molar-refractivity contribution >= 4 is 0 Å². The van der Waals surface area contributed by atoms with Gasteiger partial charge in [-0.25, -0.2) is 0 Å². The number of hydrogen-bond acceptors (Lipinski definition) is 3. The van der Waals surface area contributed by atoms with E-state index in [1.54, 1.807) is 62.3 Å². The van der Waals surface area contributed by atoms with Crippen LogP contribution < -0.4 is 15.3 Å². The number of allylic oxidation sites excluding steroid dienone is 8. The summed E-state index contributed by atoms with van der Waals surface area (Å²) in [7, 11) is 0. The topological polar surface area (TPSA) is 69.2 Å². The maximum atomic E-state index is 10.1. The molecule has 0 aliphatic heterocycles. The molecule has 0 atom stereocenters. The second-order valence-corrected chi connectivity index (χ2v) is 14.5. The van der Waals surface area contributed by atoms with E-state index in [9.17, 15) is 15.3 Å². The first-order chi connectivity index (χ1) is 19.1. The Bertz CT molecular complexity index is 947. The Morgan fingerprint density at radius 3 is 1.19 bits per heavy atom. The number of rotatable bonds is 5. The molecule has 42 heavy (non-hydrogen) atoms. The first kappa shape index (κ1) is 42.1. The van der Waals surface area contributed by atoms with Crippen LogP contribution in [0, 0.1) is 5.41 Å². The molecule has 0 aromatic heterocycles. The van der Waals surface area contributed by atoms with Crippen molar-refractivity contribution in [3.8, 4) is 0 Å². The van der Waals surface area contributed by atoms with Crippen molar-refractivity contribution < 1.29 is 35.8 Å². The summed E-state index contributed by atoms with van der Waals surface area (Å²) in [5.74, 6) is 0. The van der Waals surface area contributed by atoms with E-state index in [2.05, 4.69) is 125 Å². The van der Waals surface area contributed by atoms with Gasteiger partial charge in [0.15, 0.2) is 0 Å². The van der Waals surface area contributed by atoms with Gasteiger partial charge in [0.1, 0.15) is 0 Å². The summed E-state index contributed by atoms with van der Waals surface area (Å²) >= 11 is 2.20. The van der Waals surface area contributed by atoms with Gasteiger partial charge in [0.25, 0.3) is 0 Å². The van der Waals surface area contributed by atoms with Gasteiger partial charge in [-0.2, -0.15) is 0 Å². The van der Waals surface area contributed by atoms with Crippen LogP contribution in [0.3, 0.4) is 0 Å². The van der Waals surface area contributed by atoms with E-state index in [0.29, 0.717) is 5.41 Å². The molecule has 3 rings (SSSR count). The third-order valence-corrected chi connectivity index (χ3v) is 5.85. The Morgan fingerprint density at radius 1 is 0.643 bits per heavy atom. The van der Waals surface area contributed by atoms with Gasteiger partial charge < -0.3 is 15.3 Å². The second-order valence-electron chi connectivity index (χ2n) is 13.7. The third kappa shape index (κ3) is 38.0. The fourth-order valence-corrected chi connectivity index (χ4v) is 2.97. The average molecular weight is 609 g/mol. The van der Waals surface area contributed by atoms with Crippen LogP contribution in [-0.2, 0) is 33.3 Å². The zero-order valence-electron chi connectivity index (χ0n) is 28.2. The number of benzene rings is 2. The van der Waals surface area contributed by atoms with Gasteiger partial charge in [0.05, 0.1) is 0 Å². The molecule has 4 heteroatoms. The predicted octanol–water partition coefficient (Wildman–Crippen LogP) is 7.42. The van der Waals surface area contributed by atoms with E-state index >= 15 is 0 Å².